The van der Waals surface area contributed by atoms with Gasteiger partial charge in [0.2, 0.25) is 11.8 Å². The fourth-order valence-electron chi connectivity index (χ4n) is 4.10. The Hall–Kier alpha value is -4.14. The van der Waals surface area contributed by atoms with Gasteiger partial charge in [-0.05, 0) is 43.2 Å². The Bertz CT molecular complexity index is 1260. The molecule has 33 heavy (non-hydrogen) atoms. The lowest BCUT2D eigenvalue weighted by Crippen LogP contribution is -2.38. The van der Waals surface area contributed by atoms with E-state index in [0.29, 0.717) is 34.9 Å². The van der Waals surface area contributed by atoms with Gasteiger partial charge in [-0.15, -0.1) is 0 Å². The van der Waals surface area contributed by atoms with E-state index in [1.165, 1.54) is 7.11 Å². The number of amides is 2. The Balaban J connectivity index is 1.64. The summed E-state index contributed by atoms with van der Waals surface area (Å²) in [7, 11) is 3.06. The summed E-state index contributed by atoms with van der Waals surface area (Å²) in [4.78, 5) is 32.9. The molecule has 3 aromatic rings. The number of rotatable bonds is 8. The van der Waals surface area contributed by atoms with Crippen molar-refractivity contribution >= 4 is 28.4 Å². The maximum absolute atomic E-state index is 11.8. The normalized spacial score (nSPS) is 16.8. The van der Waals surface area contributed by atoms with E-state index in [-0.39, 0.29) is 5.92 Å². The summed E-state index contributed by atoms with van der Waals surface area (Å²) in [5.41, 5.74) is 12.4. The highest BCUT2D eigenvalue weighted by molar-refractivity contribution is 6.08. The van der Waals surface area contributed by atoms with Crippen LogP contribution in [0, 0.1) is 5.41 Å². The van der Waals surface area contributed by atoms with E-state index in [0.717, 1.165) is 16.5 Å². The summed E-state index contributed by atoms with van der Waals surface area (Å²) in [5, 5.41) is 4.77. The fraction of sp³-hybridized carbons (Fsp3) is 0.250. The smallest absolute Gasteiger partial charge is 0.233 e. The van der Waals surface area contributed by atoms with Gasteiger partial charge in [-0.3, -0.25) is 14.6 Å². The number of hydrogen-bond acceptors (Lipinski definition) is 7. The van der Waals surface area contributed by atoms with Crippen LogP contribution in [0.2, 0.25) is 0 Å². The van der Waals surface area contributed by atoms with Crippen LogP contribution in [0.25, 0.3) is 10.9 Å². The van der Waals surface area contributed by atoms with E-state index in [2.05, 4.69) is 10.1 Å². The summed E-state index contributed by atoms with van der Waals surface area (Å²) >= 11 is 0. The Kier molecular flexibility index (Phi) is 5.63. The van der Waals surface area contributed by atoms with Crippen molar-refractivity contribution in [3.8, 4) is 17.2 Å². The largest absolute Gasteiger partial charge is 0.496 e. The number of hydrogen-bond donors (Lipinski definition) is 2. The van der Waals surface area contributed by atoms with Crippen LogP contribution >= 0.6 is 0 Å². The van der Waals surface area contributed by atoms with Crippen molar-refractivity contribution in [2.75, 3.05) is 14.2 Å². The molecule has 9 nitrogen and oxygen atoms in total. The lowest BCUT2D eigenvalue weighted by molar-refractivity contribution is -0.133. The Morgan fingerprint density at radius 1 is 1.06 bits per heavy atom. The maximum Gasteiger partial charge on any atom is 0.233 e. The van der Waals surface area contributed by atoms with Crippen LogP contribution in [0.3, 0.4) is 0 Å². The number of carbonyl (C=O) groups is 2. The first-order valence-electron chi connectivity index (χ1n) is 10.2. The predicted molar refractivity (Wildman–Crippen MR) is 122 cm³/mol. The van der Waals surface area contributed by atoms with Crippen molar-refractivity contribution < 1.29 is 23.9 Å². The number of fused-ring (bicyclic) bond motifs is 1. The Labute approximate surface area is 190 Å². The molecule has 2 aromatic carbocycles. The number of benzene rings is 2. The first kappa shape index (κ1) is 22.1. The van der Waals surface area contributed by atoms with Crippen molar-refractivity contribution in [1.82, 2.24) is 4.98 Å². The molecule has 0 saturated heterocycles. The summed E-state index contributed by atoms with van der Waals surface area (Å²) in [6.07, 6.45) is 1.97. The highest BCUT2D eigenvalue weighted by Gasteiger charge is 2.64. The average molecular weight is 448 g/mol. The molecule has 1 aliphatic rings. The molecule has 170 valence electrons. The standard InChI is InChI=1S/C24H24N4O5/c1-13(28-32-3)16-10-17-19(11-21(16)31-2)27-9-8-20(17)33-15-6-4-14(5-7-15)18-12-24(18,22(25)29)23(26)30/h4-11,18H,12H2,1-3H3,(H2,25,29)(H2,26,30)/b28-13+. The highest BCUT2D eigenvalue weighted by Crippen LogP contribution is 2.59. The number of pyridine rings is 1. The van der Waals surface area contributed by atoms with Gasteiger partial charge in [-0.25, -0.2) is 0 Å². The zero-order chi connectivity index (χ0) is 23.8. The summed E-state index contributed by atoms with van der Waals surface area (Å²) in [6.45, 7) is 1.82. The van der Waals surface area contributed by atoms with Gasteiger partial charge >= 0.3 is 0 Å². The zero-order valence-corrected chi connectivity index (χ0v) is 18.5. The molecule has 4 rings (SSSR count). The molecule has 1 saturated carbocycles. The first-order chi connectivity index (χ1) is 15.8. The van der Waals surface area contributed by atoms with E-state index in [9.17, 15) is 9.59 Å². The predicted octanol–water partition coefficient (Wildman–Crippen LogP) is 2.85. The van der Waals surface area contributed by atoms with Gasteiger partial charge in [0.1, 0.15) is 29.8 Å². The number of carbonyl (C=O) groups excluding carboxylic acids is 2. The minimum absolute atomic E-state index is 0.318. The number of oxime groups is 1. The molecule has 0 aliphatic heterocycles. The second-order valence-corrected chi connectivity index (χ2v) is 7.87. The molecule has 1 unspecified atom stereocenters. The first-order valence-corrected chi connectivity index (χ1v) is 10.2. The molecule has 2 amide bonds. The summed E-state index contributed by atoms with van der Waals surface area (Å²) in [5.74, 6) is 0.0875. The summed E-state index contributed by atoms with van der Waals surface area (Å²) in [6, 6.07) is 12.6. The van der Waals surface area contributed by atoms with Crippen LogP contribution < -0.4 is 20.9 Å². The fourth-order valence-corrected chi connectivity index (χ4v) is 4.10. The molecule has 4 N–H and O–H groups in total. The number of nitrogens with two attached hydrogens (primary N) is 2. The van der Waals surface area contributed by atoms with Gasteiger partial charge in [-0.1, -0.05) is 17.3 Å². The molecule has 0 spiro atoms. The molecule has 9 heteroatoms. The van der Waals surface area contributed by atoms with Crippen LogP contribution in [0.15, 0.2) is 53.8 Å². The van der Waals surface area contributed by atoms with Crippen LogP contribution in [0.1, 0.15) is 30.4 Å². The Morgan fingerprint density at radius 3 is 2.33 bits per heavy atom. The lowest BCUT2D eigenvalue weighted by atomic mass is 9.97. The Morgan fingerprint density at radius 2 is 1.76 bits per heavy atom. The zero-order valence-electron chi connectivity index (χ0n) is 18.5. The maximum atomic E-state index is 11.8. The van der Waals surface area contributed by atoms with Gasteiger partial charge in [0.15, 0.2) is 0 Å². The van der Waals surface area contributed by atoms with E-state index in [1.807, 2.05) is 19.1 Å². The molecule has 1 heterocycles. The molecule has 1 fully saturated rings. The number of methoxy groups -OCH3 is 1. The number of aromatic nitrogens is 1. The lowest BCUT2D eigenvalue weighted by Gasteiger charge is -2.13. The molecular formula is C24H24N4O5. The van der Waals surface area contributed by atoms with Gasteiger partial charge in [-0.2, -0.15) is 0 Å². The highest BCUT2D eigenvalue weighted by atomic mass is 16.6. The number of primary amides is 2. The molecule has 0 bridgehead atoms. The van der Waals surface area contributed by atoms with E-state index in [1.54, 1.807) is 43.6 Å². The van der Waals surface area contributed by atoms with Crippen LogP contribution in [0.4, 0.5) is 0 Å². The second-order valence-electron chi connectivity index (χ2n) is 7.87. The topological polar surface area (TPSA) is 139 Å². The number of nitrogens with zero attached hydrogens (tertiary/aromatic N) is 2. The third-order valence-corrected chi connectivity index (χ3v) is 5.99. The van der Waals surface area contributed by atoms with Crippen molar-refractivity contribution in [3.63, 3.8) is 0 Å². The minimum atomic E-state index is -1.30. The number of ether oxygens (including phenoxy) is 2. The SMILES string of the molecule is CO/N=C(\C)c1cc2c(Oc3ccc(C4CC4(C(N)=O)C(N)=O)cc3)ccnc2cc1OC. The van der Waals surface area contributed by atoms with E-state index >= 15 is 0 Å². The monoisotopic (exact) mass is 448 g/mol. The van der Waals surface area contributed by atoms with Crippen LogP contribution in [-0.4, -0.2) is 36.7 Å². The van der Waals surface area contributed by atoms with Gasteiger partial charge < -0.3 is 25.8 Å². The quantitative estimate of drug-likeness (QED) is 0.309. The average Bonchev–Trinajstić information content (AvgIpc) is 3.57. The molecule has 1 aromatic heterocycles. The van der Waals surface area contributed by atoms with Gasteiger partial charge in [0, 0.05) is 29.1 Å². The van der Waals surface area contributed by atoms with E-state index in [4.69, 9.17) is 25.8 Å². The van der Waals surface area contributed by atoms with Gasteiger partial charge in [0.05, 0.1) is 18.3 Å². The molecule has 1 atom stereocenters. The van der Waals surface area contributed by atoms with Crippen molar-refractivity contribution in [3.05, 3.63) is 59.8 Å². The van der Waals surface area contributed by atoms with Crippen molar-refractivity contribution in [1.29, 1.82) is 0 Å². The third kappa shape index (κ3) is 3.82. The van der Waals surface area contributed by atoms with Crippen molar-refractivity contribution in [2.45, 2.75) is 19.3 Å². The molecule has 1 aliphatic carbocycles. The van der Waals surface area contributed by atoms with Crippen LogP contribution in [-0.2, 0) is 14.4 Å². The molecule has 0 radical (unpaired) electrons. The second kappa shape index (κ2) is 8.42. The van der Waals surface area contributed by atoms with Gasteiger partial charge in [0.25, 0.3) is 0 Å². The molecular weight excluding hydrogens is 424 g/mol. The third-order valence-electron chi connectivity index (χ3n) is 5.99. The van der Waals surface area contributed by atoms with Crippen molar-refractivity contribution in [2.24, 2.45) is 22.0 Å². The minimum Gasteiger partial charge on any atom is -0.496 e. The van der Waals surface area contributed by atoms with E-state index < -0.39 is 17.2 Å². The van der Waals surface area contributed by atoms with Crippen LogP contribution in [0.5, 0.6) is 17.2 Å². The summed E-state index contributed by atoms with van der Waals surface area (Å²) < 4.78 is 11.6.